The number of imidazole rings is 1. The van der Waals surface area contributed by atoms with E-state index < -0.39 is 0 Å². The van der Waals surface area contributed by atoms with Gasteiger partial charge >= 0.3 is 0 Å². The maximum atomic E-state index is 12.2. The van der Waals surface area contributed by atoms with Crippen molar-refractivity contribution in [3.05, 3.63) is 78.2 Å². The number of likely N-dealkylation sites (tertiary alicyclic amines) is 1. The zero-order valence-corrected chi connectivity index (χ0v) is 19.2. The first-order valence-corrected chi connectivity index (χ1v) is 11.4. The number of aromatic nitrogens is 4. The van der Waals surface area contributed by atoms with Crippen molar-refractivity contribution in [2.45, 2.75) is 18.8 Å². The summed E-state index contributed by atoms with van der Waals surface area (Å²) in [4.78, 5) is 27.4. The molecule has 3 aromatic heterocycles. The molecule has 2 N–H and O–H groups in total. The number of rotatable bonds is 5. The van der Waals surface area contributed by atoms with E-state index in [0.29, 0.717) is 47.1 Å². The van der Waals surface area contributed by atoms with Crippen LogP contribution in [-0.2, 0) is 4.79 Å². The van der Waals surface area contributed by atoms with Gasteiger partial charge in [-0.3, -0.25) is 9.20 Å². The van der Waals surface area contributed by atoms with Crippen LogP contribution in [0.1, 0.15) is 24.5 Å². The molecule has 1 aliphatic heterocycles. The summed E-state index contributed by atoms with van der Waals surface area (Å²) in [5, 5.41) is 0.460. The van der Waals surface area contributed by atoms with Gasteiger partial charge in [0.2, 0.25) is 17.7 Å². The molecule has 1 saturated heterocycles. The van der Waals surface area contributed by atoms with Crippen molar-refractivity contribution in [3.8, 4) is 23.0 Å². The first kappa shape index (κ1) is 21.9. The van der Waals surface area contributed by atoms with Crippen LogP contribution in [-0.4, -0.2) is 43.2 Å². The number of halogens is 1. The van der Waals surface area contributed by atoms with Crippen molar-refractivity contribution in [2.24, 2.45) is 0 Å². The van der Waals surface area contributed by atoms with E-state index >= 15 is 0 Å². The van der Waals surface area contributed by atoms with Gasteiger partial charge in [0.25, 0.3) is 0 Å². The van der Waals surface area contributed by atoms with Crippen LogP contribution in [0.3, 0.4) is 0 Å². The van der Waals surface area contributed by atoms with E-state index in [1.165, 1.54) is 6.08 Å². The highest BCUT2D eigenvalue weighted by atomic mass is 35.5. The maximum absolute atomic E-state index is 12.2. The number of carbonyl (C=O) groups excluding carboxylic acids is 1. The summed E-state index contributed by atoms with van der Waals surface area (Å²) < 4.78 is 7.61. The van der Waals surface area contributed by atoms with Crippen molar-refractivity contribution in [3.63, 3.8) is 0 Å². The van der Waals surface area contributed by atoms with E-state index in [-0.39, 0.29) is 11.8 Å². The van der Waals surface area contributed by atoms with Gasteiger partial charge in [-0.15, -0.1) is 0 Å². The van der Waals surface area contributed by atoms with E-state index in [9.17, 15) is 4.79 Å². The Morgan fingerprint density at radius 2 is 2.09 bits per heavy atom. The molecule has 0 aliphatic carbocycles. The normalized spacial score (nSPS) is 15.9. The number of anilines is 1. The lowest BCUT2D eigenvalue weighted by atomic mass is 9.94. The van der Waals surface area contributed by atoms with Gasteiger partial charge in [0.15, 0.2) is 0 Å². The third-order valence-corrected chi connectivity index (χ3v) is 6.26. The summed E-state index contributed by atoms with van der Waals surface area (Å²) in [5.41, 5.74) is 8.70. The molecule has 8 nitrogen and oxygen atoms in total. The van der Waals surface area contributed by atoms with Gasteiger partial charge in [-0.05, 0) is 43.2 Å². The molecular weight excluding hydrogens is 452 g/mol. The van der Waals surface area contributed by atoms with E-state index in [4.69, 9.17) is 27.1 Å². The Kier molecular flexibility index (Phi) is 5.90. The summed E-state index contributed by atoms with van der Waals surface area (Å²) in [6.45, 7) is 4.91. The largest absolute Gasteiger partial charge is 0.439 e. The maximum Gasteiger partial charge on any atom is 0.245 e. The topological polar surface area (TPSA) is 98.6 Å². The summed E-state index contributed by atoms with van der Waals surface area (Å²) in [6.07, 6.45) is 6.49. The number of piperidine rings is 1. The highest BCUT2D eigenvalue weighted by molar-refractivity contribution is 6.33. The van der Waals surface area contributed by atoms with E-state index in [2.05, 4.69) is 16.5 Å². The Morgan fingerprint density at radius 1 is 1.21 bits per heavy atom. The highest BCUT2D eigenvalue weighted by Gasteiger charge is 2.28. The highest BCUT2D eigenvalue weighted by Crippen LogP contribution is 2.37. The Morgan fingerprint density at radius 3 is 2.85 bits per heavy atom. The molecular formula is C25H23ClN6O2. The lowest BCUT2D eigenvalue weighted by Crippen LogP contribution is -2.38. The van der Waals surface area contributed by atoms with Gasteiger partial charge in [0.05, 0.1) is 16.2 Å². The molecule has 1 aromatic carbocycles. The second-order valence-corrected chi connectivity index (χ2v) is 8.49. The molecule has 9 heteroatoms. The van der Waals surface area contributed by atoms with Crippen molar-refractivity contribution >= 4 is 29.0 Å². The lowest BCUT2D eigenvalue weighted by Gasteiger charge is -2.31. The van der Waals surface area contributed by atoms with Crippen LogP contribution < -0.4 is 10.5 Å². The quantitative estimate of drug-likeness (QED) is 0.420. The molecule has 172 valence electrons. The fourth-order valence-corrected chi connectivity index (χ4v) is 4.62. The zero-order chi connectivity index (χ0) is 23.7. The van der Waals surface area contributed by atoms with E-state index in [1.807, 2.05) is 39.6 Å². The molecule has 0 saturated carbocycles. The molecule has 1 fully saturated rings. The van der Waals surface area contributed by atoms with Gasteiger partial charge in [0.1, 0.15) is 11.6 Å². The number of nitrogen functional groups attached to an aromatic ring is 1. The lowest BCUT2D eigenvalue weighted by molar-refractivity contribution is -0.127. The van der Waals surface area contributed by atoms with Gasteiger partial charge in [0, 0.05) is 49.1 Å². The number of carbonyl (C=O) groups is 1. The number of hydrogen-bond donors (Lipinski definition) is 1. The molecule has 1 atom stereocenters. The number of hydrogen-bond acceptors (Lipinski definition) is 6. The predicted molar refractivity (Wildman–Crippen MR) is 131 cm³/mol. The van der Waals surface area contributed by atoms with E-state index in [1.54, 1.807) is 24.5 Å². The number of pyridine rings is 1. The van der Waals surface area contributed by atoms with E-state index in [0.717, 1.165) is 24.1 Å². The second-order valence-electron chi connectivity index (χ2n) is 8.08. The second kappa shape index (κ2) is 9.15. The SMILES string of the molecule is C=CC(=O)N1CCCC(c2nc(-c3ccc(Oc4ccccn4)cc3Cl)n3c(N)nccc23)C1. The molecule has 5 rings (SSSR count). The van der Waals surface area contributed by atoms with Gasteiger partial charge in [-0.25, -0.2) is 15.0 Å². The fraction of sp³-hybridized carbons (Fsp3) is 0.200. The average molecular weight is 475 g/mol. The van der Waals surface area contributed by atoms with Crippen LogP contribution in [0, 0.1) is 0 Å². The van der Waals surface area contributed by atoms with Crippen LogP contribution in [0.4, 0.5) is 5.95 Å². The molecule has 34 heavy (non-hydrogen) atoms. The molecule has 0 bridgehead atoms. The number of benzene rings is 1. The average Bonchev–Trinajstić information content (AvgIpc) is 3.25. The molecule has 0 spiro atoms. The number of ether oxygens (including phenoxy) is 1. The summed E-state index contributed by atoms with van der Waals surface area (Å²) >= 11 is 6.68. The van der Waals surface area contributed by atoms with Crippen LogP contribution in [0.15, 0.2) is 67.5 Å². The van der Waals surface area contributed by atoms with Gasteiger partial charge in [-0.2, -0.15) is 0 Å². The Bertz CT molecular complexity index is 1370. The van der Waals surface area contributed by atoms with Crippen LogP contribution in [0.5, 0.6) is 11.6 Å². The number of amides is 1. The van der Waals surface area contributed by atoms with Gasteiger partial charge < -0.3 is 15.4 Å². The third-order valence-electron chi connectivity index (χ3n) is 5.95. The van der Waals surface area contributed by atoms with Crippen molar-refractivity contribution in [1.29, 1.82) is 0 Å². The van der Waals surface area contributed by atoms with Crippen LogP contribution >= 0.6 is 11.6 Å². The Labute approximate surface area is 201 Å². The minimum atomic E-state index is -0.0684. The monoisotopic (exact) mass is 474 g/mol. The first-order chi connectivity index (χ1) is 16.5. The van der Waals surface area contributed by atoms with Crippen LogP contribution in [0.2, 0.25) is 5.02 Å². The number of nitrogens with two attached hydrogens (primary N) is 1. The van der Waals surface area contributed by atoms with Crippen molar-refractivity contribution < 1.29 is 9.53 Å². The summed E-state index contributed by atoms with van der Waals surface area (Å²) in [7, 11) is 0. The molecule has 4 aromatic rings. The Balaban J connectivity index is 1.54. The van der Waals surface area contributed by atoms with Crippen LogP contribution in [0.25, 0.3) is 16.9 Å². The minimum absolute atomic E-state index is 0.0636. The number of fused-ring (bicyclic) bond motifs is 1. The molecule has 1 unspecified atom stereocenters. The Hall–Kier alpha value is -3.91. The summed E-state index contributed by atoms with van der Waals surface area (Å²) in [6, 6.07) is 12.7. The molecule has 1 aliphatic rings. The predicted octanol–water partition coefficient (Wildman–Crippen LogP) is 4.71. The van der Waals surface area contributed by atoms with Crippen molar-refractivity contribution in [2.75, 3.05) is 18.8 Å². The molecule has 4 heterocycles. The van der Waals surface area contributed by atoms with Gasteiger partial charge in [-0.1, -0.05) is 24.2 Å². The fourth-order valence-electron chi connectivity index (χ4n) is 4.36. The minimum Gasteiger partial charge on any atom is -0.439 e. The van der Waals surface area contributed by atoms with Crippen molar-refractivity contribution in [1.82, 2.24) is 24.3 Å². The smallest absolute Gasteiger partial charge is 0.245 e. The standard InChI is InChI=1S/C25H23ClN6O2/c1-2-22(33)31-13-5-6-16(15-31)23-20-10-12-29-25(27)32(20)24(30-23)18-9-8-17(14-19(18)26)34-21-7-3-4-11-28-21/h2-4,7-12,14,16H,1,5-6,13,15H2,(H2,27,29). The molecule has 0 radical (unpaired) electrons. The summed E-state index contributed by atoms with van der Waals surface area (Å²) in [5.74, 6) is 1.94. The first-order valence-electron chi connectivity index (χ1n) is 11.0. The molecule has 1 amide bonds. The third kappa shape index (κ3) is 4.08. The number of nitrogens with zero attached hydrogens (tertiary/aromatic N) is 5. The zero-order valence-electron chi connectivity index (χ0n) is 18.4.